The molecule has 8 nitrogen and oxygen atoms in total. The van der Waals surface area contributed by atoms with Gasteiger partial charge >= 0.3 is 0 Å². The Balaban J connectivity index is 0.00000336. The van der Waals surface area contributed by atoms with Crippen molar-refractivity contribution < 1.29 is 28.2 Å². The summed E-state index contributed by atoms with van der Waals surface area (Å²) in [5.41, 5.74) is 8.50. The van der Waals surface area contributed by atoms with Crippen molar-refractivity contribution in [2.24, 2.45) is 5.73 Å². The molecule has 1 unspecified atom stereocenters. The van der Waals surface area contributed by atoms with E-state index in [9.17, 15) is 14.0 Å². The van der Waals surface area contributed by atoms with Crippen molar-refractivity contribution >= 4 is 24.2 Å². The molecule has 0 aliphatic carbocycles. The van der Waals surface area contributed by atoms with Crippen LogP contribution in [0.2, 0.25) is 0 Å². The van der Waals surface area contributed by atoms with E-state index in [1.165, 1.54) is 18.2 Å². The van der Waals surface area contributed by atoms with Gasteiger partial charge in [-0.1, -0.05) is 12.1 Å². The number of carbonyl (C=O) groups excluding carboxylic acids is 2. The predicted molar refractivity (Wildman–Crippen MR) is 142 cm³/mol. The molecule has 3 heterocycles. The Morgan fingerprint density at radius 2 is 1.95 bits per heavy atom. The molecule has 3 aromatic carbocycles. The van der Waals surface area contributed by atoms with Crippen LogP contribution in [0.4, 0.5) is 4.39 Å². The average molecular weight is 542 g/mol. The Labute approximate surface area is 226 Å². The minimum absolute atomic E-state index is 0. The molecule has 0 fully saturated rings. The maximum atomic E-state index is 14.4. The summed E-state index contributed by atoms with van der Waals surface area (Å²) in [6, 6.07) is 15.0. The molecule has 0 aromatic heterocycles. The van der Waals surface area contributed by atoms with Gasteiger partial charge in [-0.3, -0.25) is 9.59 Å². The molecule has 0 radical (unpaired) electrons. The Morgan fingerprint density at radius 1 is 1.16 bits per heavy atom. The summed E-state index contributed by atoms with van der Waals surface area (Å²) in [6.07, 6.45) is 1.11. The highest BCUT2D eigenvalue weighted by Crippen LogP contribution is 2.40. The number of hydrogen-bond donors (Lipinski definition) is 2. The highest BCUT2D eigenvalue weighted by atomic mass is 35.5. The van der Waals surface area contributed by atoms with Gasteiger partial charge in [-0.25, -0.2) is 4.39 Å². The molecular weight excluding hydrogens is 513 g/mol. The summed E-state index contributed by atoms with van der Waals surface area (Å²) in [5.74, 6) is 0.676. The highest BCUT2D eigenvalue weighted by Gasteiger charge is 2.32. The molecule has 8 bridgehead atoms. The van der Waals surface area contributed by atoms with Gasteiger partial charge in [0.15, 0.2) is 11.5 Å². The zero-order chi connectivity index (χ0) is 25.9. The SMILES string of the molecule is COc1ccc2cc1OCCCNC(=O)c1cc(ccc1F)Oc1ccc3c(c1)CCN(C(=O)CN)C23.Cl. The second-order valence-electron chi connectivity index (χ2n) is 8.92. The van der Waals surface area contributed by atoms with Crippen molar-refractivity contribution in [3.05, 3.63) is 82.7 Å². The average Bonchev–Trinajstić information content (AvgIpc) is 2.92. The summed E-state index contributed by atoms with van der Waals surface area (Å²) in [6.45, 7) is 0.976. The number of nitrogens with zero attached hydrogens (tertiary/aromatic N) is 1. The zero-order valence-corrected chi connectivity index (χ0v) is 21.7. The quantitative estimate of drug-likeness (QED) is 0.508. The molecule has 3 aromatic rings. The molecule has 3 N–H and O–H groups in total. The van der Waals surface area contributed by atoms with E-state index < -0.39 is 11.7 Å². The Kier molecular flexibility index (Phi) is 8.38. The zero-order valence-electron chi connectivity index (χ0n) is 20.9. The Bertz CT molecular complexity index is 1350. The lowest BCUT2D eigenvalue weighted by molar-refractivity contribution is -0.131. The number of ether oxygens (including phenoxy) is 3. The number of rotatable bonds is 2. The van der Waals surface area contributed by atoms with Gasteiger partial charge in [0.2, 0.25) is 5.91 Å². The van der Waals surface area contributed by atoms with Crippen LogP contribution in [0.25, 0.3) is 0 Å². The minimum Gasteiger partial charge on any atom is -0.493 e. The normalized spacial score (nSPS) is 16.7. The third-order valence-electron chi connectivity index (χ3n) is 6.62. The number of benzene rings is 3. The van der Waals surface area contributed by atoms with Gasteiger partial charge in [-0.05, 0) is 72.0 Å². The van der Waals surface area contributed by atoms with Gasteiger partial charge in [-0.2, -0.15) is 0 Å². The summed E-state index contributed by atoms with van der Waals surface area (Å²) < 4.78 is 31.9. The number of halogens is 2. The van der Waals surface area contributed by atoms with Crippen LogP contribution in [-0.2, 0) is 11.2 Å². The van der Waals surface area contributed by atoms with Crippen LogP contribution >= 0.6 is 12.4 Å². The predicted octanol–water partition coefficient (Wildman–Crippen LogP) is 3.99. The second-order valence-corrected chi connectivity index (χ2v) is 8.92. The number of nitrogens with one attached hydrogen (secondary N) is 1. The van der Waals surface area contributed by atoms with Crippen molar-refractivity contribution in [2.45, 2.75) is 18.9 Å². The second kappa shape index (κ2) is 11.7. The Hall–Kier alpha value is -3.82. The van der Waals surface area contributed by atoms with Crippen molar-refractivity contribution in [1.82, 2.24) is 10.2 Å². The summed E-state index contributed by atoms with van der Waals surface area (Å²) in [4.78, 5) is 27.2. The fourth-order valence-corrected chi connectivity index (χ4v) is 4.82. The van der Waals surface area contributed by atoms with Crippen LogP contribution in [0.5, 0.6) is 23.0 Å². The molecule has 3 aliphatic rings. The van der Waals surface area contributed by atoms with Gasteiger partial charge in [0.05, 0.1) is 31.9 Å². The van der Waals surface area contributed by atoms with Crippen LogP contribution in [0.15, 0.2) is 54.6 Å². The fraction of sp³-hybridized carbons (Fsp3) is 0.286. The van der Waals surface area contributed by atoms with Crippen molar-refractivity contribution in [2.75, 3.05) is 33.4 Å². The monoisotopic (exact) mass is 541 g/mol. The smallest absolute Gasteiger partial charge is 0.254 e. The molecular formula is C28H29ClFN3O5. The van der Waals surface area contributed by atoms with E-state index in [0.717, 1.165) is 16.7 Å². The topological polar surface area (TPSA) is 103 Å². The van der Waals surface area contributed by atoms with E-state index in [1.807, 2.05) is 30.3 Å². The van der Waals surface area contributed by atoms with E-state index in [0.29, 0.717) is 49.0 Å². The number of fused-ring (bicyclic) bond motifs is 6. The molecule has 3 aliphatic heterocycles. The first-order valence-corrected chi connectivity index (χ1v) is 12.2. The van der Waals surface area contributed by atoms with Crippen LogP contribution < -0.4 is 25.3 Å². The third kappa shape index (κ3) is 5.39. The molecule has 200 valence electrons. The molecule has 1 atom stereocenters. The number of carbonyl (C=O) groups is 2. The number of nitrogens with two attached hydrogens (primary N) is 1. The van der Waals surface area contributed by atoms with Gasteiger partial charge in [0.25, 0.3) is 5.91 Å². The minimum atomic E-state index is -0.630. The molecule has 38 heavy (non-hydrogen) atoms. The first-order chi connectivity index (χ1) is 18.0. The van der Waals surface area contributed by atoms with Gasteiger partial charge in [0, 0.05) is 13.1 Å². The lowest BCUT2D eigenvalue weighted by atomic mass is 9.87. The van der Waals surface area contributed by atoms with Gasteiger partial charge in [0.1, 0.15) is 17.3 Å². The molecule has 0 saturated heterocycles. The summed E-state index contributed by atoms with van der Waals surface area (Å²) in [5, 5.41) is 2.72. The van der Waals surface area contributed by atoms with Gasteiger partial charge < -0.3 is 30.2 Å². The van der Waals surface area contributed by atoms with Crippen LogP contribution in [0.1, 0.15) is 39.5 Å². The van der Waals surface area contributed by atoms with E-state index in [4.69, 9.17) is 19.9 Å². The van der Waals surface area contributed by atoms with E-state index in [2.05, 4.69) is 5.32 Å². The van der Waals surface area contributed by atoms with Crippen molar-refractivity contribution in [1.29, 1.82) is 0 Å². The first kappa shape index (κ1) is 27.2. The summed E-state index contributed by atoms with van der Waals surface area (Å²) >= 11 is 0. The van der Waals surface area contributed by atoms with Crippen LogP contribution in [0.3, 0.4) is 0 Å². The molecule has 0 saturated carbocycles. The van der Waals surface area contributed by atoms with Crippen molar-refractivity contribution in [3.63, 3.8) is 0 Å². The standard InChI is InChI=1S/C28H28FN3O5.ClH/c1-35-24-8-3-18-14-25(24)36-12-2-10-31-28(34)22-15-20(5-7-23(22)29)37-19-4-6-21-17(13-19)9-11-32(27(18)21)26(33)16-30;/h3-8,13-15,27H,2,9-12,16,30H2,1H3,(H,31,34);1H. The Morgan fingerprint density at radius 3 is 2.74 bits per heavy atom. The first-order valence-electron chi connectivity index (χ1n) is 12.2. The molecule has 10 heteroatoms. The molecule has 0 spiro atoms. The molecule has 6 rings (SSSR count). The van der Waals surface area contributed by atoms with E-state index in [-0.39, 0.29) is 43.0 Å². The maximum Gasteiger partial charge on any atom is 0.254 e. The van der Waals surface area contributed by atoms with Crippen LogP contribution in [-0.4, -0.2) is 50.1 Å². The van der Waals surface area contributed by atoms with E-state index >= 15 is 0 Å². The highest BCUT2D eigenvalue weighted by molar-refractivity contribution is 5.94. The largest absolute Gasteiger partial charge is 0.493 e. The lowest BCUT2D eigenvalue weighted by Crippen LogP contribution is -2.43. The number of methoxy groups -OCH3 is 1. The molecule has 2 amide bonds. The number of amides is 2. The fourth-order valence-electron chi connectivity index (χ4n) is 4.82. The number of hydrogen-bond acceptors (Lipinski definition) is 6. The maximum absolute atomic E-state index is 14.4. The van der Waals surface area contributed by atoms with E-state index in [1.54, 1.807) is 18.1 Å². The summed E-state index contributed by atoms with van der Waals surface area (Å²) in [7, 11) is 1.56. The van der Waals surface area contributed by atoms with Crippen LogP contribution in [0, 0.1) is 5.82 Å². The lowest BCUT2D eigenvalue weighted by Gasteiger charge is -2.38. The van der Waals surface area contributed by atoms with Gasteiger partial charge in [-0.15, -0.1) is 12.4 Å². The third-order valence-corrected chi connectivity index (χ3v) is 6.62. The van der Waals surface area contributed by atoms with Crippen molar-refractivity contribution in [3.8, 4) is 23.0 Å².